The first-order valence-electron chi connectivity index (χ1n) is 8.98. The highest BCUT2D eigenvalue weighted by Crippen LogP contribution is 2.36. The van der Waals surface area contributed by atoms with Gasteiger partial charge >= 0.3 is 0 Å². The molecule has 1 heterocycles. The molecule has 0 atom stereocenters. The van der Waals surface area contributed by atoms with Gasteiger partial charge in [0.2, 0.25) is 0 Å². The number of nitrogens with zero attached hydrogens (tertiary/aromatic N) is 2. The Morgan fingerprint density at radius 1 is 0.897 bits per heavy atom. The van der Waals surface area contributed by atoms with Crippen LogP contribution in [0.2, 0.25) is 0 Å². The molecule has 0 saturated heterocycles. The van der Waals surface area contributed by atoms with Crippen LogP contribution in [-0.2, 0) is 10.0 Å². The third kappa shape index (κ3) is 3.23. The fourth-order valence-corrected chi connectivity index (χ4v) is 4.54. The zero-order valence-electron chi connectivity index (χ0n) is 16.3. The van der Waals surface area contributed by atoms with Crippen LogP contribution >= 0.6 is 0 Å². The number of aryl methyl sites for hydroxylation is 1. The van der Waals surface area contributed by atoms with E-state index in [1.165, 1.54) is 7.11 Å². The fourth-order valence-electron chi connectivity index (χ4n) is 3.24. The summed E-state index contributed by atoms with van der Waals surface area (Å²) < 4.78 is 38.7. The summed E-state index contributed by atoms with van der Waals surface area (Å²) in [5.41, 5.74) is 2.66. The van der Waals surface area contributed by atoms with Crippen molar-refractivity contribution in [3.63, 3.8) is 0 Å². The van der Waals surface area contributed by atoms with Gasteiger partial charge in [-0.25, -0.2) is 0 Å². The lowest BCUT2D eigenvalue weighted by atomic mass is 10.1. The Balaban J connectivity index is 2.03. The van der Waals surface area contributed by atoms with Gasteiger partial charge in [0.25, 0.3) is 10.0 Å². The molecule has 4 aromatic rings. The van der Waals surface area contributed by atoms with Crippen molar-refractivity contribution < 1.29 is 17.9 Å². The molecule has 0 amide bonds. The van der Waals surface area contributed by atoms with Crippen LogP contribution in [0.25, 0.3) is 22.2 Å². The summed E-state index contributed by atoms with van der Waals surface area (Å²) in [5.74, 6) is 1.09. The van der Waals surface area contributed by atoms with E-state index in [9.17, 15) is 8.42 Å². The lowest BCUT2D eigenvalue weighted by molar-refractivity contribution is 0.415. The van der Waals surface area contributed by atoms with Crippen LogP contribution in [0.15, 0.2) is 71.6 Å². The number of rotatable bonds is 5. The van der Waals surface area contributed by atoms with Crippen molar-refractivity contribution in [2.24, 2.45) is 0 Å². The summed E-state index contributed by atoms with van der Waals surface area (Å²) in [5, 5.41) is 5.18. The number of hydrogen-bond acceptors (Lipinski definition) is 5. The zero-order chi connectivity index (χ0) is 20.6. The Bertz CT molecular complexity index is 1290. The Morgan fingerprint density at radius 2 is 1.62 bits per heavy atom. The van der Waals surface area contributed by atoms with Gasteiger partial charge < -0.3 is 9.47 Å². The van der Waals surface area contributed by atoms with Gasteiger partial charge in [-0.05, 0) is 37.3 Å². The lowest BCUT2D eigenvalue weighted by Crippen LogP contribution is -2.15. The number of methoxy groups -OCH3 is 2. The summed E-state index contributed by atoms with van der Waals surface area (Å²) in [4.78, 5) is 0.163. The minimum Gasteiger partial charge on any atom is -0.497 e. The minimum absolute atomic E-state index is 0.163. The average Bonchev–Trinajstić information content (AvgIpc) is 3.15. The molecule has 0 unspecified atom stereocenters. The van der Waals surface area contributed by atoms with Crippen LogP contribution in [0.4, 0.5) is 0 Å². The molecule has 29 heavy (non-hydrogen) atoms. The molecule has 1 aromatic heterocycles. The van der Waals surface area contributed by atoms with Crippen molar-refractivity contribution in [1.82, 2.24) is 9.19 Å². The number of ether oxygens (including phenoxy) is 2. The molecule has 0 N–H and O–H groups in total. The third-order valence-corrected chi connectivity index (χ3v) is 6.33. The van der Waals surface area contributed by atoms with Gasteiger partial charge in [-0.2, -0.15) is 13.5 Å². The van der Waals surface area contributed by atoms with Gasteiger partial charge in [0, 0.05) is 10.9 Å². The van der Waals surface area contributed by atoms with Crippen molar-refractivity contribution in [2.45, 2.75) is 11.8 Å². The van der Waals surface area contributed by atoms with E-state index >= 15 is 0 Å². The van der Waals surface area contributed by atoms with Crippen molar-refractivity contribution >= 4 is 20.9 Å². The third-order valence-electron chi connectivity index (χ3n) is 4.75. The molecular formula is C22H20N2O4S. The minimum atomic E-state index is -3.92. The van der Waals surface area contributed by atoms with Gasteiger partial charge in [0.05, 0.1) is 19.1 Å². The van der Waals surface area contributed by atoms with Crippen molar-refractivity contribution in [2.75, 3.05) is 14.2 Å². The first kappa shape index (κ1) is 19.0. The number of fused-ring (bicyclic) bond motifs is 1. The van der Waals surface area contributed by atoms with Crippen molar-refractivity contribution in [3.05, 3.63) is 72.3 Å². The number of hydrogen-bond donors (Lipinski definition) is 0. The molecule has 0 saturated carbocycles. The molecular weight excluding hydrogens is 388 g/mol. The van der Waals surface area contributed by atoms with Crippen LogP contribution in [0.5, 0.6) is 11.5 Å². The summed E-state index contributed by atoms with van der Waals surface area (Å²) in [7, 11) is -0.830. The topological polar surface area (TPSA) is 70.4 Å². The van der Waals surface area contributed by atoms with E-state index < -0.39 is 10.0 Å². The molecule has 148 valence electrons. The Kier molecular flexibility index (Phi) is 4.76. The second kappa shape index (κ2) is 7.25. The Hall–Kier alpha value is -3.32. The molecule has 0 spiro atoms. The van der Waals surface area contributed by atoms with E-state index in [-0.39, 0.29) is 4.90 Å². The molecule has 4 rings (SSSR count). The molecule has 0 aliphatic heterocycles. The molecule has 0 aliphatic rings. The van der Waals surface area contributed by atoms with Gasteiger partial charge in [0.15, 0.2) is 0 Å². The summed E-state index contributed by atoms with van der Waals surface area (Å²) >= 11 is 0. The number of aromatic nitrogens is 2. The largest absolute Gasteiger partial charge is 0.497 e. The van der Waals surface area contributed by atoms with E-state index in [2.05, 4.69) is 5.10 Å². The second-order valence-electron chi connectivity index (χ2n) is 6.60. The molecule has 7 heteroatoms. The molecule has 0 aliphatic carbocycles. The van der Waals surface area contributed by atoms with E-state index in [0.717, 1.165) is 15.2 Å². The van der Waals surface area contributed by atoms with Crippen LogP contribution in [-0.4, -0.2) is 31.8 Å². The fraction of sp³-hybridized carbons (Fsp3) is 0.136. The van der Waals surface area contributed by atoms with Gasteiger partial charge in [-0.1, -0.05) is 42.0 Å². The number of para-hydroxylation sites is 1. The SMILES string of the molecule is COc1cccc(-c2nn(S(=O)(=O)c3ccc(C)cc3)c3c(OC)cccc23)c1. The second-order valence-corrected chi connectivity index (χ2v) is 8.37. The molecule has 0 radical (unpaired) electrons. The normalized spacial score (nSPS) is 11.6. The Morgan fingerprint density at radius 3 is 2.31 bits per heavy atom. The standard InChI is InChI=1S/C22H20N2O4S/c1-15-10-12-18(13-11-15)29(25,26)24-22-19(8-5-9-20(22)28-3)21(23-24)16-6-4-7-17(14-16)27-2/h4-14H,1-3H3. The molecule has 0 fully saturated rings. The predicted octanol–water partition coefficient (Wildman–Crippen LogP) is 4.27. The highest BCUT2D eigenvalue weighted by Gasteiger charge is 2.26. The van der Waals surface area contributed by atoms with Gasteiger partial charge in [-0.15, -0.1) is 4.09 Å². The van der Waals surface area contributed by atoms with Crippen LogP contribution < -0.4 is 9.47 Å². The van der Waals surface area contributed by atoms with Gasteiger partial charge in [-0.3, -0.25) is 0 Å². The van der Waals surface area contributed by atoms with E-state index in [1.807, 2.05) is 43.3 Å². The maximum Gasteiger partial charge on any atom is 0.283 e. The predicted molar refractivity (Wildman–Crippen MR) is 112 cm³/mol. The average molecular weight is 408 g/mol. The van der Waals surface area contributed by atoms with Crippen LogP contribution in [0.3, 0.4) is 0 Å². The van der Waals surface area contributed by atoms with E-state index in [4.69, 9.17) is 9.47 Å². The van der Waals surface area contributed by atoms with Gasteiger partial charge in [0.1, 0.15) is 22.7 Å². The quantitative estimate of drug-likeness (QED) is 0.493. The summed E-state index contributed by atoms with van der Waals surface area (Å²) in [6, 6.07) is 19.4. The summed E-state index contributed by atoms with van der Waals surface area (Å²) in [6.07, 6.45) is 0. The highest BCUT2D eigenvalue weighted by molar-refractivity contribution is 7.90. The molecule has 3 aromatic carbocycles. The smallest absolute Gasteiger partial charge is 0.283 e. The zero-order valence-corrected chi connectivity index (χ0v) is 17.1. The van der Waals surface area contributed by atoms with E-state index in [1.54, 1.807) is 37.4 Å². The molecule has 0 bridgehead atoms. The van der Waals surface area contributed by atoms with Crippen molar-refractivity contribution in [3.8, 4) is 22.8 Å². The lowest BCUT2D eigenvalue weighted by Gasteiger charge is -2.08. The molecule has 6 nitrogen and oxygen atoms in total. The van der Waals surface area contributed by atoms with Crippen molar-refractivity contribution in [1.29, 1.82) is 0 Å². The highest BCUT2D eigenvalue weighted by atomic mass is 32.2. The first-order chi connectivity index (χ1) is 14.0. The van der Waals surface area contributed by atoms with E-state index in [0.29, 0.717) is 28.1 Å². The maximum absolute atomic E-state index is 13.4. The first-order valence-corrected chi connectivity index (χ1v) is 10.4. The Labute approximate surface area is 169 Å². The monoisotopic (exact) mass is 408 g/mol. The van der Waals surface area contributed by atoms with Crippen LogP contribution in [0, 0.1) is 6.92 Å². The number of benzene rings is 3. The summed E-state index contributed by atoms with van der Waals surface area (Å²) in [6.45, 7) is 1.91. The maximum atomic E-state index is 13.4. The van der Waals surface area contributed by atoms with Crippen LogP contribution in [0.1, 0.15) is 5.56 Å².